The molecule has 2 aromatic rings. The lowest BCUT2D eigenvalue weighted by Crippen LogP contribution is -2.46. The number of hydrogen-bond donors (Lipinski definition) is 2. The van der Waals surface area contributed by atoms with Crippen LogP contribution in [0, 0.1) is 5.92 Å². The maximum absolute atomic E-state index is 13.1. The van der Waals surface area contributed by atoms with E-state index in [0.717, 1.165) is 23.3 Å². The second-order valence-electron chi connectivity index (χ2n) is 8.58. The van der Waals surface area contributed by atoms with Gasteiger partial charge < -0.3 is 20.1 Å². The van der Waals surface area contributed by atoms with Gasteiger partial charge in [0.15, 0.2) is 0 Å². The summed E-state index contributed by atoms with van der Waals surface area (Å²) in [6.07, 6.45) is 0.546. The van der Waals surface area contributed by atoms with Crippen LogP contribution in [0.3, 0.4) is 0 Å². The molecule has 3 rings (SSSR count). The number of hydrogen-bond acceptors (Lipinski definition) is 3. The van der Waals surface area contributed by atoms with Crippen molar-refractivity contribution in [2.24, 2.45) is 5.92 Å². The average molecular weight is 425 g/mol. The first kappa shape index (κ1) is 22.7. The van der Waals surface area contributed by atoms with E-state index >= 15 is 0 Å². The maximum Gasteiger partial charge on any atom is 0.407 e. The van der Waals surface area contributed by atoms with Gasteiger partial charge in [-0.15, -0.1) is 0 Å². The maximum atomic E-state index is 13.1. The molecule has 31 heavy (non-hydrogen) atoms. The highest BCUT2D eigenvalue weighted by molar-refractivity contribution is 5.83. The highest BCUT2D eigenvalue weighted by Crippen LogP contribution is 2.31. The molecule has 1 saturated heterocycles. The number of benzene rings is 2. The normalized spacial score (nSPS) is 17.9. The third kappa shape index (κ3) is 5.78. The van der Waals surface area contributed by atoms with Crippen LogP contribution >= 0.6 is 0 Å². The molecule has 1 aliphatic rings. The van der Waals surface area contributed by atoms with Gasteiger partial charge >= 0.3 is 6.09 Å². The largest absolute Gasteiger partial charge is 0.493 e. The molecule has 0 aliphatic carbocycles. The minimum Gasteiger partial charge on any atom is -0.493 e. The van der Waals surface area contributed by atoms with Gasteiger partial charge in [-0.1, -0.05) is 56.3 Å². The van der Waals surface area contributed by atoms with Crippen molar-refractivity contribution < 1.29 is 19.4 Å². The molecule has 0 aromatic heterocycles. The number of carboxylic acid groups (broad SMARTS) is 1. The first-order chi connectivity index (χ1) is 14.9. The van der Waals surface area contributed by atoms with Crippen LogP contribution in [0.1, 0.15) is 56.7 Å². The topological polar surface area (TPSA) is 78.9 Å². The molecule has 2 aromatic carbocycles. The number of rotatable bonds is 8. The van der Waals surface area contributed by atoms with E-state index in [0.29, 0.717) is 25.5 Å². The van der Waals surface area contributed by atoms with E-state index in [1.165, 1.54) is 4.90 Å². The van der Waals surface area contributed by atoms with E-state index in [9.17, 15) is 14.7 Å². The number of carbonyl (C=O) groups excluding carboxylic acids is 1. The Balaban J connectivity index is 1.83. The van der Waals surface area contributed by atoms with Crippen molar-refractivity contribution in [3.63, 3.8) is 0 Å². The van der Waals surface area contributed by atoms with Gasteiger partial charge in [0.05, 0.1) is 24.6 Å². The summed E-state index contributed by atoms with van der Waals surface area (Å²) in [4.78, 5) is 26.3. The number of amides is 2. The fourth-order valence-electron chi connectivity index (χ4n) is 3.98. The lowest BCUT2D eigenvalue weighted by Gasteiger charge is -2.32. The number of likely N-dealkylation sites (tertiary alicyclic amines) is 1. The highest BCUT2D eigenvalue weighted by Gasteiger charge is 2.37. The summed E-state index contributed by atoms with van der Waals surface area (Å²) >= 11 is 0. The van der Waals surface area contributed by atoms with Crippen LogP contribution in [0.15, 0.2) is 54.6 Å². The summed E-state index contributed by atoms with van der Waals surface area (Å²) in [6, 6.07) is 16.5. The zero-order chi connectivity index (χ0) is 22.4. The van der Waals surface area contributed by atoms with Crippen LogP contribution in [-0.4, -0.2) is 41.2 Å². The second-order valence-corrected chi connectivity index (χ2v) is 8.58. The summed E-state index contributed by atoms with van der Waals surface area (Å²) < 4.78 is 5.77. The van der Waals surface area contributed by atoms with Gasteiger partial charge in [-0.2, -0.15) is 0 Å². The molecule has 1 aliphatic heterocycles. The van der Waals surface area contributed by atoms with Crippen LogP contribution < -0.4 is 10.1 Å². The fraction of sp³-hybridized carbons (Fsp3) is 0.440. The molecule has 166 valence electrons. The summed E-state index contributed by atoms with van der Waals surface area (Å²) in [5.74, 6) is 0.737. The summed E-state index contributed by atoms with van der Waals surface area (Å²) in [7, 11) is 0. The molecule has 0 saturated carbocycles. The third-order valence-corrected chi connectivity index (χ3v) is 5.74. The number of nitrogens with one attached hydrogen (secondary N) is 1. The molecule has 0 radical (unpaired) electrons. The Morgan fingerprint density at radius 3 is 2.35 bits per heavy atom. The predicted octanol–water partition coefficient (Wildman–Crippen LogP) is 4.82. The first-order valence-electron chi connectivity index (χ1n) is 10.9. The van der Waals surface area contributed by atoms with Crippen LogP contribution in [0.5, 0.6) is 5.75 Å². The van der Waals surface area contributed by atoms with Crippen molar-refractivity contribution in [3.05, 3.63) is 65.7 Å². The number of carbonyl (C=O) groups is 2. The Labute approximate surface area is 184 Å². The van der Waals surface area contributed by atoms with Gasteiger partial charge in [0.25, 0.3) is 0 Å². The SMILES string of the molecule is CC(C)COc1ccc([C@@H](NC(=O)C(C)c2ccccc2)C2CCCN2C(=O)O)cc1. The Morgan fingerprint density at radius 1 is 1.06 bits per heavy atom. The van der Waals surface area contributed by atoms with Gasteiger partial charge in [-0.05, 0) is 48.9 Å². The molecule has 0 bridgehead atoms. The standard InChI is InChI=1S/C25H32N2O4/c1-17(2)16-31-21-13-11-20(12-14-21)23(22-10-7-15-27(22)25(29)30)26-24(28)18(3)19-8-5-4-6-9-19/h4-6,8-9,11-14,17-18,22-23H,7,10,15-16H2,1-3H3,(H,26,28)(H,29,30)/t18?,22?,23-/m1/s1. The molecule has 2 unspecified atom stereocenters. The molecule has 2 amide bonds. The Morgan fingerprint density at radius 2 is 1.74 bits per heavy atom. The average Bonchev–Trinajstić information content (AvgIpc) is 3.26. The summed E-state index contributed by atoms with van der Waals surface area (Å²) in [5.41, 5.74) is 1.81. The molecule has 0 spiro atoms. The number of ether oxygens (including phenoxy) is 1. The molecular formula is C25H32N2O4. The van der Waals surface area contributed by atoms with Gasteiger partial charge in [-0.25, -0.2) is 4.79 Å². The van der Waals surface area contributed by atoms with E-state index in [2.05, 4.69) is 19.2 Å². The first-order valence-corrected chi connectivity index (χ1v) is 10.9. The summed E-state index contributed by atoms with van der Waals surface area (Å²) in [5, 5.41) is 12.8. The zero-order valence-corrected chi connectivity index (χ0v) is 18.5. The lowest BCUT2D eigenvalue weighted by molar-refractivity contribution is -0.123. The Hall–Kier alpha value is -3.02. The number of nitrogens with zero attached hydrogens (tertiary/aromatic N) is 1. The van der Waals surface area contributed by atoms with Crippen molar-refractivity contribution in [2.45, 2.75) is 51.6 Å². The van der Waals surface area contributed by atoms with Crippen molar-refractivity contribution in [1.82, 2.24) is 10.2 Å². The molecular weight excluding hydrogens is 392 g/mol. The lowest BCUT2D eigenvalue weighted by atomic mass is 9.94. The van der Waals surface area contributed by atoms with Crippen LogP contribution in [-0.2, 0) is 4.79 Å². The summed E-state index contributed by atoms with van der Waals surface area (Å²) in [6.45, 7) is 7.16. The highest BCUT2D eigenvalue weighted by atomic mass is 16.5. The van der Waals surface area contributed by atoms with E-state index < -0.39 is 12.1 Å². The molecule has 2 N–H and O–H groups in total. The van der Waals surface area contributed by atoms with Crippen molar-refractivity contribution in [3.8, 4) is 5.75 Å². The molecule has 1 heterocycles. The smallest absolute Gasteiger partial charge is 0.407 e. The van der Waals surface area contributed by atoms with Gasteiger partial charge in [0.2, 0.25) is 5.91 Å². The second kappa shape index (κ2) is 10.3. The van der Waals surface area contributed by atoms with Crippen molar-refractivity contribution in [2.75, 3.05) is 13.2 Å². The molecule has 1 fully saturated rings. The van der Waals surface area contributed by atoms with Gasteiger partial charge in [0, 0.05) is 6.54 Å². The third-order valence-electron chi connectivity index (χ3n) is 5.74. The minimum atomic E-state index is -0.949. The van der Waals surface area contributed by atoms with E-state index in [1.54, 1.807) is 0 Å². The van der Waals surface area contributed by atoms with Gasteiger partial charge in [0.1, 0.15) is 5.75 Å². The van der Waals surface area contributed by atoms with E-state index in [1.807, 2.05) is 61.5 Å². The Kier molecular flexibility index (Phi) is 7.55. The van der Waals surface area contributed by atoms with E-state index in [4.69, 9.17) is 4.74 Å². The van der Waals surface area contributed by atoms with Crippen molar-refractivity contribution >= 4 is 12.0 Å². The molecule has 6 nitrogen and oxygen atoms in total. The predicted molar refractivity (Wildman–Crippen MR) is 120 cm³/mol. The molecule has 6 heteroatoms. The van der Waals surface area contributed by atoms with Gasteiger partial charge in [-0.3, -0.25) is 4.79 Å². The fourth-order valence-corrected chi connectivity index (χ4v) is 3.98. The minimum absolute atomic E-state index is 0.117. The quantitative estimate of drug-likeness (QED) is 0.636. The van der Waals surface area contributed by atoms with Crippen molar-refractivity contribution in [1.29, 1.82) is 0 Å². The van der Waals surface area contributed by atoms with Crippen LogP contribution in [0.4, 0.5) is 4.79 Å². The van der Waals surface area contributed by atoms with Crippen LogP contribution in [0.2, 0.25) is 0 Å². The zero-order valence-electron chi connectivity index (χ0n) is 18.5. The van der Waals surface area contributed by atoms with Crippen LogP contribution in [0.25, 0.3) is 0 Å². The Bertz CT molecular complexity index is 867. The molecule has 3 atom stereocenters. The monoisotopic (exact) mass is 424 g/mol. The van der Waals surface area contributed by atoms with E-state index in [-0.39, 0.29) is 17.9 Å².